The molecule has 0 aliphatic carbocycles. The first-order valence-corrected chi connectivity index (χ1v) is 12.2. The monoisotopic (exact) mass is 500 g/mol. The van der Waals surface area contributed by atoms with Crippen molar-refractivity contribution in [2.24, 2.45) is 0 Å². The van der Waals surface area contributed by atoms with Gasteiger partial charge in [0.2, 0.25) is 5.91 Å². The summed E-state index contributed by atoms with van der Waals surface area (Å²) in [7, 11) is -3.95. The van der Waals surface area contributed by atoms with E-state index in [4.69, 9.17) is 0 Å². The fourth-order valence-corrected chi connectivity index (χ4v) is 5.10. The number of benzene rings is 3. The molecule has 7 heteroatoms. The summed E-state index contributed by atoms with van der Waals surface area (Å²) in [6.07, 6.45) is 0.758. The van der Waals surface area contributed by atoms with E-state index in [2.05, 4.69) is 21.2 Å². The smallest absolute Gasteiger partial charge is 0.264 e. The van der Waals surface area contributed by atoms with Gasteiger partial charge in [-0.3, -0.25) is 9.10 Å². The van der Waals surface area contributed by atoms with Crippen LogP contribution in [0.1, 0.15) is 23.6 Å². The standard InChI is InChI=1S/C24H25BrN2O3S/c1-4-19-8-5-7-18(3)24(19)26-23(28)16-27(21-10-6-9-20(25)15-21)31(29,30)22-13-11-17(2)12-14-22/h5-15H,4,16H2,1-3H3,(H,26,28). The average Bonchev–Trinajstić information content (AvgIpc) is 2.73. The molecule has 0 fully saturated rings. The van der Waals surface area contributed by atoms with E-state index in [-0.39, 0.29) is 11.4 Å². The second-order valence-electron chi connectivity index (χ2n) is 7.32. The number of halogens is 1. The second-order valence-corrected chi connectivity index (χ2v) is 10.1. The van der Waals surface area contributed by atoms with Gasteiger partial charge in [-0.25, -0.2) is 8.42 Å². The second kappa shape index (κ2) is 9.66. The van der Waals surface area contributed by atoms with Crippen LogP contribution >= 0.6 is 15.9 Å². The topological polar surface area (TPSA) is 66.5 Å². The number of carbonyl (C=O) groups excluding carboxylic acids is 1. The Bertz CT molecular complexity index is 1190. The number of nitrogens with zero attached hydrogens (tertiary/aromatic N) is 1. The van der Waals surface area contributed by atoms with Crippen LogP contribution < -0.4 is 9.62 Å². The van der Waals surface area contributed by atoms with Crippen molar-refractivity contribution >= 4 is 43.2 Å². The van der Waals surface area contributed by atoms with E-state index in [1.807, 2.05) is 39.0 Å². The number of aryl methyl sites for hydroxylation is 3. The van der Waals surface area contributed by atoms with Crippen molar-refractivity contribution in [3.8, 4) is 0 Å². The minimum atomic E-state index is -3.95. The van der Waals surface area contributed by atoms with E-state index in [1.54, 1.807) is 48.5 Å². The van der Waals surface area contributed by atoms with E-state index in [9.17, 15) is 13.2 Å². The molecule has 0 unspecified atom stereocenters. The van der Waals surface area contributed by atoms with Gasteiger partial charge in [0.15, 0.2) is 0 Å². The number of hydrogen-bond donors (Lipinski definition) is 1. The van der Waals surface area contributed by atoms with Crippen LogP contribution in [0.2, 0.25) is 0 Å². The molecule has 0 saturated carbocycles. The van der Waals surface area contributed by atoms with Crippen molar-refractivity contribution in [1.82, 2.24) is 0 Å². The summed E-state index contributed by atoms with van der Waals surface area (Å²) in [6, 6.07) is 19.3. The van der Waals surface area contributed by atoms with Crippen LogP contribution in [0.5, 0.6) is 0 Å². The zero-order valence-electron chi connectivity index (χ0n) is 17.7. The molecule has 5 nitrogen and oxygen atoms in total. The molecule has 0 atom stereocenters. The van der Waals surface area contributed by atoms with Gasteiger partial charge in [0.1, 0.15) is 6.54 Å². The highest BCUT2D eigenvalue weighted by Gasteiger charge is 2.27. The molecule has 0 spiro atoms. The number of rotatable bonds is 7. The Balaban J connectivity index is 1.98. The van der Waals surface area contributed by atoms with Crippen LogP contribution in [0, 0.1) is 13.8 Å². The van der Waals surface area contributed by atoms with Crippen molar-refractivity contribution < 1.29 is 13.2 Å². The number of amides is 1. The summed E-state index contributed by atoms with van der Waals surface area (Å²) in [5.41, 5.74) is 4.03. The molecule has 1 N–H and O–H groups in total. The van der Waals surface area contributed by atoms with Crippen molar-refractivity contribution in [3.63, 3.8) is 0 Å². The third-order valence-electron chi connectivity index (χ3n) is 5.00. The Kier molecular flexibility index (Phi) is 7.18. The van der Waals surface area contributed by atoms with Gasteiger partial charge in [0.25, 0.3) is 10.0 Å². The first kappa shape index (κ1) is 23.0. The predicted molar refractivity (Wildman–Crippen MR) is 129 cm³/mol. The lowest BCUT2D eigenvalue weighted by molar-refractivity contribution is -0.114. The molecule has 31 heavy (non-hydrogen) atoms. The summed E-state index contributed by atoms with van der Waals surface area (Å²) in [4.78, 5) is 13.1. The molecule has 0 aliphatic rings. The molecule has 0 heterocycles. The van der Waals surface area contributed by atoms with Gasteiger partial charge in [0, 0.05) is 10.2 Å². The fourth-order valence-electron chi connectivity index (χ4n) is 3.30. The minimum Gasteiger partial charge on any atom is -0.324 e. The molecule has 1 amide bonds. The molecule has 3 rings (SSSR count). The number of nitrogens with one attached hydrogen (secondary N) is 1. The van der Waals surface area contributed by atoms with Crippen LogP contribution in [-0.2, 0) is 21.2 Å². The fraction of sp³-hybridized carbons (Fsp3) is 0.208. The number of anilines is 2. The third-order valence-corrected chi connectivity index (χ3v) is 7.28. The van der Waals surface area contributed by atoms with Gasteiger partial charge in [0.05, 0.1) is 10.6 Å². The zero-order valence-corrected chi connectivity index (χ0v) is 20.1. The summed E-state index contributed by atoms with van der Waals surface area (Å²) in [6.45, 7) is 5.48. The molecule has 3 aromatic rings. The van der Waals surface area contributed by atoms with Crippen LogP contribution in [0.15, 0.2) is 76.1 Å². The largest absolute Gasteiger partial charge is 0.324 e. The van der Waals surface area contributed by atoms with Crippen molar-refractivity contribution in [3.05, 3.63) is 87.9 Å². The highest BCUT2D eigenvalue weighted by molar-refractivity contribution is 9.10. The van der Waals surface area contributed by atoms with Crippen molar-refractivity contribution in [2.75, 3.05) is 16.2 Å². The molecular weight excluding hydrogens is 476 g/mol. The Morgan fingerprint density at radius 3 is 2.32 bits per heavy atom. The number of carbonyl (C=O) groups is 1. The molecule has 0 aliphatic heterocycles. The lowest BCUT2D eigenvalue weighted by Crippen LogP contribution is -2.38. The summed E-state index contributed by atoms with van der Waals surface area (Å²) in [5, 5.41) is 2.92. The molecule has 0 aromatic heterocycles. The van der Waals surface area contributed by atoms with Gasteiger partial charge in [-0.1, -0.05) is 64.8 Å². The molecule has 0 saturated heterocycles. The van der Waals surface area contributed by atoms with Gasteiger partial charge >= 0.3 is 0 Å². The molecule has 3 aromatic carbocycles. The normalized spacial score (nSPS) is 11.2. The Labute approximate surface area is 192 Å². The van der Waals surface area contributed by atoms with E-state index >= 15 is 0 Å². The maximum absolute atomic E-state index is 13.5. The zero-order chi connectivity index (χ0) is 22.6. The lowest BCUT2D eigenvalue weighted by atomic mass is 10.1. The van der Waals surface area contributed by atoms with Gasteiger partial charge in [-0.2, -0.15) is 0 Å². The number of sulfonamides is 1. The van der Waals surface area contributed by atoms with Gasteiger partial charge in [-0.05, 0) is 61.7 Å². The highest BCUT2D eigenvalue weighted by atomic mass is 79.9. The SMILES string of the molecule is CCc1cccc(C)c1NC(=O)CN(c1cccc(Br)c1)S(=O)(=O)c1ccc(C)cc1. The molecule has 0 radical (unpaired) electrons. The van der Waals surface area contributed by atoms with E-state index < -0.39 is 15.9 Å². The molecule has 162 valence electrons. The molecular formula is C24H25BrN2O3S. The Hall–Kier alpha value is -2.64. The van der Waals surface area contributed by atoms with E-state index in [0.717, 1.165) is 37.6 Å². The third kappa shape index (κ3) is 5.35. The number of hydrogen-bond acceptors (Lipinski definition) is 3. The quantitative estimate of drug-likeness (QED) is 0.468. The van der Waals surface area contributed by atoms with Crippen LogP contribution in [0.4, 0.5) is 11.4 Å². The first-order valence-electron chi connectivity index (χ1n) is 9.95. The highest BCUT2D eigenvalue weighted by Crippen LogP contribution is 2.27. The maximum Gasteiger partial charge on any atom is 0.264 e. The van der Waals surface area contributed by atoms with E-state index in [0.29, 0.717) is 5.69 Å². The minimum absolute atomic E-state index is 0.135. The Morgan fingerprint density at radius 1 is 1.00 bits per heavy atom. The summed E-state index contributed by atoms with van der Waals surface area (Å²) < 4.78 is 28.8. The van der Waals surface area contributed by atoms with Crippen LogP contribution in [-0.4, -0.2) is 20.9 Å². The van der Waals surface area contributed by atoms with Crippen LogP contribution in [0.3, 0.4) is 0 Å². The van der Waals surface area contributed by atoms with E-state index in [1.165, 1.54) is 0 Å². The predicted octanol–water partition coefficient (Wildman–Crippen LogP) is 5.46. The lowest BCUT2D eigenvalue weighted by Gasteiger charge is -2.25. The van der Waals surface area contributed by atoms with Crippen molar-refractivity contribution in [2.45, 2.75) is 32.1 Å². The molecule has 0 bridgehead atoms. The number of para-hydroxylation sites is 1. The summed E-state index contributed by atoms with van der Waals surface area (Å²) >= 11 is 3.39. The van der Waals surface area contributed by atoms with Gasteiger partial charge < -0.3 is 5.32 Å². The Morgan fingerprint density at radius 2 is 1.68 bits per heavy atom. The summed E-state index contributed by atoms with van der Waals surface area (Å²) in [5.74, 6) is -0.403. The van der Waals surface area contributed by atoms with Crippen molar-refractivity contribution in [1.29, 1.82) is 0 Å². The first-order chi connectivity index (χ1) is 14.7. The average molecular weight is 501 g/mol. The van der Waals surface area contributed by atoms with Crippen LogP contribution in [0.25, 0.3) is 0 Å². The maximum atomic E-state index is 13.5. The van der Waals surface area contributed by atoms with Gasteiger partial charge in [-0.15, -0.1) is 0 Å².